The number of halogens is 1. The first-order valence-electron chi connectivity index (χ1n) is 10.8. The van der Waals surface area contributed by atoms with E-state index in [0.29, 0.717) is 42.9 Å². The van der Waals surface area contributed by atoms with Gasteiger partial charge in [0.05, 0.1) is 6.20 Å². The van der Waals surface area contributed by atoms with Crippen molar-refractivity contribution in [1.29, 1.82) is 0 Å². The molecule has 1 aliphatic rings. The number of ether oxygens (including phenoxy) is 2. The first kappa shape index (κ1) is 20.8. The average molecular weight is 442 g/mol. The third-order valence-corrected chi connectivity index (χ3v) is 5.33. The average Bonchev–Trinajstić information content (AvgIpc) is 2.87. The largest absolute Gasteiger partial charge is 0.486 e. The number of rotatable bonds is 7. The number of nitrogens with one attached hydrogen (secondary N) is 2. The van der Waals surface area contributed by atoms with Crippen molar-refractivity contribution in [1.82, 2.24) is 9.97 Å². The van der Waals surface area contributed by atoms with Gasteiger partial charge < -0.3 is 20.1 Å². The molecule has 2 N–H and O–H groups in total. The van der Waals surface area contributed by atoms with E-state index in [-0.39, 0.29) is 5.82 Å². The lowest BCUT2D eigenvalue weighted by atomic mass is 9.98. The van der Waals surface area contributed by atoms with Gasteiger partial charge in [-0.15, -0.1) is 0 Å². The van der Waals surface area contributed by atoms with Gasteiger partial charge in [0, 0.05) is 18.3 Å². The summed E-state index contributed by atoms with van der Waals surface area (Å²) in [5, 5.41) is 6.20. The Labute approximate surface area is 191 Å². The number of aromatic nitrogens is 2. The van der Waals surface area contributed by atoms with E-state index in [4.69, 9.17) is 9.47 Å². The van der Waals surface area contributed by atoms with Gasteiger partial charge in [0.2, 0.25) is 5.95 Å². The van der Waals surface area contributed by atoms with Gasteiger partial charge in [-0.2, -0.15) is 4.98 Å². The molecule has 0 saturated carbocycles. The third-order valence-electron chi connectivity index (χ3n) is 5.33. The van der Waals surface area contributed by atoms with Gasteiger partial charge in [0.15, 0.2) is 23.1 Å². The molecule has 0 atom stereocenters. The molecule has 6 nitrogen and oxygen atoms in total. The lowest BCUT2D eigenvalue weighted by molar-refractivity contribution is 0.171. The van der Waals surface area contributed by atoms with Crippen molar-refractivity contribution >= 4 is 17.5 Å². The normalized spacial score (nSPS) is 12.3. The van der Waals surface area contributed by atoms with Crippen molar-refractivity contribution in [3.05, 3.63) is 90.4 Å². The molecule has 166 valence electrons. The van der Waals surface area contributed by atoms with Crippen LogP contribution < -0.4 is 20.1 Å². The molecule has 5 rings (SSSR count). The molecule has 0 saturated heterocycles. The highest BCUT2D eigenvalue weighted by Gasteiger charge is 2.14. The van der Waals surface area contributed by atoms with Gasteiger partial charge >= 0.3 is 0 Å². The second kappa shape index (κ2) is 9.56. The van der Waals surface area contributed by atoms with Crippen molar-refractivity contribution in [2.75, 3.05) is 30.4 Å². The molecule has 3 aromatic carbocycles. The summed E-state index contributed by atoms with van der Waals surface area (Å²) >= 11 is 0. The van der Waals surface area contributed by atoms with Crippen LogP contribution in [0, 0.1) is 5.82 Å². The van der Waals surface area contributed by atoms with Gasteiger partial charge in [-0.25, -0.2) is 9.37 Å². The molecule has 2 heterocycles. The summed E-state index contributed by atoms with van der Waals surface area (Å²) in [6.45, 7) is 1.61. The minimum atomic E-state index is -0.537. The van der Waals surface area contributed by atoms with Gasteiger partial charge in [-0.3, -0.25) is 0 Å². The van der Waals surface area contributed by atoms with E-state index < -0.39 is 5.82 Å². The second-order valence-electron chi connectivity index (χ2n) is 7.57. The Hall–Kier alpha value is -4.13. The van der Waals surface area contributed by atoms with Crippen LogP contribution in [0.15, 0.2) is 79.0 Å². The molecular weight excluding hydrogens is 419 g/mol. The Morgan fingerprint density at radius 3 is 2.55 bits per heavy atom. The molecule has 0 aliphatic carbocycles. The van der Waals surface area contributed by atoms with Crippen LogP contribution in [0.5, 0.6) is 11.5 Å². The number of hydrogen-bond donors (Lipinski definition) is 2. The van der Waals surface area contributed by atoms with Crippen LogP contribution in [0.3, 0.4) is 0 Å². The van der Waals surface area contributed by atoms with Crippen LogP contribution in [-0.2, 0) is 6.42 Å². The van der Waals surface area contributed by atoms with E-state index in [0.717, 1.165) is 12.6 Å². The van der Waals surface area contributed by atoms with Gasteiger partial charge in [0.1, 0.15) is 13.2 Å². The Morgan fingerprint density at radius 2 is 1.67 bits per heavy atom. The summed E-state index contributed by atoms with van der Waals surface area (Å²) in [7, 11) is 0. The molecular formula is C26H23FN4O2. The van der Waals surface area contributed by atoms with Crippen molar-refractivity contribution in [2.45, 2.75) is 6.42 Å². The fraction of sp³-hybridized carbons (Fsp3) is 0.154. The number of benzene rings is 3. The topological polar surface area (TPSA) is 68.3 Å². The molecule has 1 aliphatic heterocycles. The molecule has 4 aromatic rings. The quantitative estimate of drug-likeness (QED) is 0.397. The van der Waals surface area contributed by atoms with E-state index in [1.54, 1.807) is 18.2 Å². The van der Waals surface area contributed by atoms with E-state index in [1.807, 2.05) is 30.3 Å². The number of fused-ring (bicyclic) bond motifs is 1. The minimum Gasteiger partial charge on any atom is -0.486 e. The maximum absolute atomic E-state index is 14.4. The summed E-state index contributed by atoms with van der Waals surface area (Å²) in [6.07, 6.45) is 1.93. The Bertz CT molecular complexity index is 1250. The van der Waals surface area contributed by atoms with E-state index in [2.05, 4.69) is 44.9 Å². The predicted octanol–water partition coefficient (Wildman–Crippen LogP) is 5.45. The molecule has 0 unspecified atom stereocenters. The molecule has 0 spiro atoms. The Kier molecular flexibility index (Phi) is 6.01. The van der Waals surface area contributed by atoms with E-state index >= 15 is 0 Å². The summed E-state index contributed by atoms with van der Waals surface area (Å²) in [5.41, 5.74) is 4.24. The highest BCUT2D eigenvalue weighted by molar-refractivity contribution is 5.67. The first-order chi connectivity index (χ1) is 16.3. The summed E-state index contributed by atoms with van der Waals surface area (Å²) in [4.78, 5) is 8.39. The zero-order valence-corrected chi connectivity index (χ0v) is 17.9. The van der Waals surface area contributed by atoms with Gasteiger partial charge in [-0.1, -0.05) is 54.6 Å². The lowest BCUT2D eigenvalue weighted by Gasteiger charge is -2.19. The summed E-state index contributed by atoms with van der Waals surface area (Å²) in [5.74, 6) is 1.21. The van der Waals surface area contributed by atoms with Gasteiger partial charge in [0.25, 0.3) is 0 Å². The van der Waals surface area contributed by atoms with Crippen LogP contribution in [0.1, 0.15) is 5.56 Å². The summed E-state index contributed by atoms with van der Waals surface area (Å²) < 4.78 is 25.5. The standard InChI is InChI=1S/C26H23FN4O2/c27-22-17-29-26(31-25(22)30-20-10-11-23-24(16-20)33-15-14-32-23)28-13-12-19-8-4-5-9-21(19)18-6-2-1-3-7-18/h1-11,16-17H,12-15H2,(H2,28,29,30,31). The zero-order chi connectivity index (χ0) is 22.5. The molecule has 0 bridgehead atoms. The van der Waals surface area contributed by atoms with Crippen LogP contribution >= 0.6 is 0 Å². The first-order valence-corrected chi connectivity index (χ1v) is 10.8. The van der Waals surface area contributed by atoms with Crippen molar-refractivity contribution in [2.24, 2.45) is 0 Å². The Balaban J connectivity index is 1.26. The third kappa shape index (κ3) is 4.87. The molecule has 1 aromatic heterocycles. The molecule has 33 heavy (non-hydrogen) atoms. The highest BCUT2D eigenvalue weighted by Crippen LogP contribution is 2.33. The molecule has 0 radical (unpaired) electrons. The maximum atomic E-state index is 14.4. The summed E-state index contributed by atoms with van der Waals surface area (Å²) in [6, 6.07) is 23.9. The van der Waals surface area contributed by atoms with Crippen LogP contribution in [-0.4, -0.2) is 29.7 Å². The molecule has 7 heteroatoms. The number of hydrogen-bond acceptors (Lipinski definition) is 6. The predicted molar refractivity (Wildman–Crippen MR) is 127 cm³/mol. The minimum absolute atomic E-state index is 0.0915. The van der Waals surface area contributed by atoms with Crippen molar-refractivity contribution < 1.29 is 13.9 Å². The maximum Gasteiger partial charge on any atom is 0.224 e. The van der Waals surface area contributed by atoms with E-state index in [9.17, 15) is 4.39 Å². The van der Waals surface area contributed by atoms with Crippen LogP contribution in [0.25, 0.3) is 11.1 Å². The molecule has 0 fully saturated rings. The fourth-order valence-corrected chi connectivity index (χ4v) is 3.74. The zero-order valence-electron chi connectivity index (χ0n) is 17.9. The van der Waals surface area contributed by atoms with Crippen LogP contribution in [0.2, 0.25) is 0 Å². The smallest absolute Gasteiger partial charge is 0.224 e. The molecule has 0 amide bonds. The number of nitrogens with zero attached hydrogens (tertiary/aromatic N) is 2. The SMILES string of the molecule is Fc1cnc(NCCc2ccccc2-c2ccccc2)nc1Nc1ccc2c(c1)OCCO2. The second-order valence-corrected chi connectivity index (χ2v) is 7.57. The number of anilines is 3. The highest BCUT2D eigenvalue weighted by atomic mass is 19.1. The fourth-order valence-electron chi connectivity index (χ4n) is 3.74. The van der Waals surface area contributed by atoms with E-state index in [1.165, 1.54) is 16.7 Å². The van der Waals surface area contributed by atoms with Gasteiger partial charge in [-0.05, 0) is 35.2 Å². The van der Waals surface area contributed by atoms with Crippen molar-refractivity contribution in [3.63, 3.8) is 0 Å². The van der Waals surface area contributed by atoms with Crippen molar-refractivity contribution in [3.8, 4) is 22.6 Å². The monoisotopic (exact) mass is 442 g/mol. The Morgan fingerprint density at radius 1 is 0.879 bits per heavy atom. The van der Waals surface area contributed by atoms with Crippen LogP contribution in [0.4, 0.5) is 21.8 Å². The lowest BCUT2D eigenvalue weighted by Crippen LogP contribution is -2.15.